The Morgan fingerprint density at radius 1 is 1.09 bits per heavy atom. The number of anilines is 3. The third kappa shape index (κ3) is 7.87. The summed E-state index contributed by atoms with van der Waals surface area (Å²) in [5, 5.41) is 5.86. The smallest absolute Gasteiger partial charge is 0.325 e. The molecule has 4 N–H and O–H groups in total. The van der Waals surface area contributed by atoms with Gasteiger partial charge in [-0.3, -0.25) is 9.69 Å². The van der Waals surface area contributed by atoms with Gasteiger partial charge in [-0.15, -0.1) is 12.4 Å². The molecule has 0 spiro atoms. The van der Waals surface area contributed by atoms with E-state index in [1.807, 2.05) is 25.7 Å². The number of benzene rings is 2. The first kappa shape index (κ1) is 32.8. The fourth-order valence-electron chi connectivity index (χ4n) is 5.11. The summed E-state index contributed by atoms with van der Waals surface area (Å²) >= 11 is 0. The molecular formula is C31H34ClF3N8O. The largest absolute Gasteiger partial charge is 0.416 e. The van der Waals surface area contributed by atoms with E-state index >= 15 is 0 Å². The quantitative estimate of drug-likeness (QED) is 0.210. The van der Waals surface area contributed by atoms with Crippen LogP contribution in [0.1, 0.15) is 47.3 Å². The van der Waals surface area contributed by atoms with Crippen LogP contribution in [0.3, 0.4) is 0 Å². The molecule has 9 nitrogen and oxygen atoms in total. The molecule has 1 aliphatic heterocycles. The van der Waals surface area contributed by atoms with Gasteiger partial charge in [0.15, 0.2) is 0 Å². The lowest BCUT2D eigenvalue weighted by atomic mass is 9.88. The molecule has 1 aliphatic rings. The number of nitrogens with zero attached hydrogens (tertiary/aromatic N) is 5. The molecule has 1 atom stereocenters. The Balaban J connectivity index is 0.00000442. The number of aromatic nitrogens is 4. The molecular weight excluding hydrogens is 593 g/mol. The maximum absolute atomic E-state index is 14.1. The Hall–Kier alpha value is -4.13. The van der Waals surface area contributed by atoms with Gasteiger partial charge >= 0.3 is 6.18 Å². The van der Waals surface area contributed by atoms with Gasteiger partial charge in [-0.1, -0.05) is 12.1 Å². The average Bonchev–Trinajstić information content (AvgIpc) is 3.44. The Kier molecular flexibility index (Phi) is 9.87. The number of likely N-dealkylation sites (tertiary alicyclic amines) is 1. The zero-order valence-electron chi connectivity index (χ0n) is 24.5. The van der Waals surface area contributed by atoms with Gasteiger partial charge in [-0.25, -0.2) is 19.9 Å². The van der Waals surface area contributed by atoms with Crippen LogP contribution in [0.25, 0.3) is 11.3 Å². The molecule has 0 radical (unpaired) electrons. The minimum Gasteiger partial charge on any atom is -0.325 e. The van der Waals surface area contributed by atoms with Crippen molar-refractivity contribution in [1.82, 2.24) is 24.8 Å². The molecule has 2 aromatic heterocycles. The van der Waals surface area contributed by atoms with Gasteiger partial charge in [0.25, 0.3) is 5.91 Å². The highest BCUT2D eigenvalue weighted by Gasteiger charge is 2.36. The fraction of sp³-hybridized carbons (Fsp3) is 0.323. The molecule has 4 aromatic rings. The maximum atomic E-state index is 14.1. The van der Waals surface area contributed by atoms with Crippen molar-refractivity contribution < 1.29 is 18.0 Å². The number of halogens is 4. The van der Waals surface area contributed by atoms with Crippen LogP contribution in [0.5, 0.6) is 0 Å². The first-order chi connectivity index (χ1) is 20.4. The lowest BCUT2D eigenvalue weighted by molar-refractivity contribution is -0.138. The van der Waals surface area contributed by atoms with Crippen LogP contribution >= 0.6 is 12.4 Å². The number of nitrogens with one attached hydrogen (secondary N) is 2. The molecule has 44 heavy (non-hydrogen) atoms. The van der Waals surface area contributed by atoms with E-state index in [-0.39, 0.29) is 36.0 Å². The molecule has 1 saturated heterocycles. The lowest BCUT2D eigenvalue weighted by Crippen LogP contribution is -2.42. The maximum Gasteiger partial charge on any atom is 0.416 e. The number of rotatable bonds is 8. The monoisotopic (exact) mass is 626 g/mol. The number of aryl methyl sites for hydroxylation is 1. The van der Waals surface area contributed by atoms with Crippen molar-refractivity contribution in [2.24, 2.45) is 11.7 Å². The first-order valence-corrected chi connectivity index (χ1v) is 13.9. The third-order valence-electron chi connectivity index (χ3n) is 7.65. The second-order valence-corrected chi connectivity index (χ2v) is 11.4. The van der Waals surface area contributed by atoms with Gasteiger partial charge in [0.05, 0.1) is 11.3 Å². The summed E-state index contributed by atoms with van der Waals surface area (Å²) < 4.78 is 42.3. The van der Waals surface area contributed by atoms with Crippen LogP contribution in [0.15, 0.2) is 67.4 Å². The first-order valence-electron chi connectivity index (χ1n) is 13.9. The summed E-state index contributed by atoms with van der Waals surface area (Å²) in [6.07, 6.45) is 2.53. The van der Waals surface area contributed by atoms with Crippen molar-refractivity contribution in [1.29, 1.82) is 0 Å². The van der Waals surface area contributed by atoms with E-state index < -0.39 is 23.2 Å². The number of nitrogens with two attached hydrogens (primary N) is 1. The summed E-state index contributed by atoms with van der Waals surface area (Å²) in [6.45, 7) is 7.18. The molecule has 0 saturated carbocycles. The highest BCUT2D eigenvalue weighted by atomic mass is 35.5. The van der Waals surface area contributed by atoms with E-state index in [1.165, 1.54) is 18.5 Å². The SMILES string of the molecule is Cc1ccc(NC(=O)c2ccc(CN3CC[C@H](C(C)(C)N)C3)c(C(F)(F)F)c2)cc1Nc1nccc(-c2cncnc2)n1.Cl. The Labute approximate surface area is 260 Å². The summed E-state index contributed by atoms with van der Waals surface area (Å²) in [5.74, 6) is -0.132. The van der Waals surface area contributed by atoms with E-state index in [1.54, 1.807) is 42.9 Å². The van der Waals surface area contributed by atoms with Gasteiger partial charge in [-0.05, 0) is 81.1 Å². The summed E-state index contributed by atoms with van der Waals surface area (Å²) in [7, 11) is 0. The molecule has 3 heterocycles. The molecule has 232 valence electrons. The normalized spacial score (nSPS) is 15.5. The second kappa shape index (κ2) is 13.2. The van der Waals surface area contributed by atoms with E-state index in [4.69, 9.17) is 5.73 Å². The molecule has 1 fully saturated rings. The summed E-state index contributed by atoms with van der Waals surface area (Å²) in [6, 6.07) is 10.6. The van der Waals surface area contributed by atoms with Crippen LogP contribution in [-0.2, 0) is 12.7 Å². The van der Waals surface area contributed by atoms with E-state index in [0.29, 0.717) is 36.1 Å². The predicted octanol–water partition coefficient (Wildman–Crippen LogP) is 6.24. The number of hydrogen-bond donors (Lipinski definition) is 3. The van der Waals surface area contributed by atoms with Gasteiger partial charge < -0.3 is 16.4 Å². The molecule has 2 aromatic carbocycles. The number of hydrogen-bond acceptors (Lipinski definition) is 8. The van der Waals surface area contributed by atoms with Crippen molar-refractivity contribution >= 4 is 35.6 Å². The third-order valence-corrected chi connectivity index (χ3v) is 7.65. The van der Waals surface area contributed by atoms with Gasteiger partial charge in [0.2, 0.25) is 5.95 Å². The molecule has 13 heteroatoms. The van der Waals surface area contributed by atoms with E-state index in [9.17, 15) is 18.0 Å². The molecule has 0 aliphatic carbocycles. The average molecular weight is 627 g/mol. The summed E-state index contributed by atoms with van der Waals surface area (Å²) in [4.78, 5) is 31.9. The minimum atomic E-state index is -4.61. The van der Waals surface area contributed by atoms with Crippen molar-refractivity contribution in [3.05, 3.63) is 89.6 Å². The van der Waals surface area contributed by atoms with Crippen molar-refractivity contribution in [3.8, 4) is 11.3 Å². The highest BCUT2D eigenvalue weighted by Crippen LogP contribution is 2.35. The van der Waals surface area contributed by atoms with Gasteiger partial charge in [0.1, 0.15) is 6.33 Å². The standard InChI is InChI=1S/C31H33F3N8O.ClH/c1-19-4-7-24(13-27(19)41-29-38-10-8-26(40-29)22-14-36-18-37-15-22)39-28(43)20-5-6-21(25(12-20)31(32,33)34)16-42-11-9-23(17-42)30(2,3)35;/h4-8,10,12-15,18,23H,9,11,16-17,35H2,1-3H3,(H,39,43)(H,38,40,41);1H/t23-;/m0./s1. The van der Waals surface area contributed by atoms with Crippen LogP contribution < -0.4 is 16.4 Å². The van der Waals surface area contributed by atoms with Crippen LogP contribution in [-0.4, -0.2) is 49.4 Å². The van der Waals surface area contributed by atoms with E-state index in [2.05, 4.69) is 30.6 Å². The predicted molar refractivity (Wildman–Crippen MR) is 166 cm³/mol. The number of carbonyl (C=O) groups excluding carboxylic acids is 1. The number of alkyl halides is 3. The molecule has 0 bridgehead atoms. The molecule has 5 rings (SSSR count). The molecule has 0 unspecified atom stereocenters. The van der Waals surface area contributed by atoms with Gasteiger partial charge in [-0.2, -0.15) is 13.2 Å². The number of carbonyl (C=O) groups is 1. The van der Waals surface area contributed by atoms with E-state index in [0.717, 1.165) is 23.6 Å². The topological polar surface area (TPSA) is 122 Å². The fourth-order valence-corrected chi connectivity index (χ4v) is 5.11. The van der Waals surface area contributed by atoms with Crippen LogP contribution in [0, 0.1) is 12.8 Å². The Bertz CT molecular complexity index is 1610. The minimum absolute atomic E-state index is 0. The number of amides is 1. The second-order valence-electron chi connectivity index (χ2n) is 11.4. The molecule has 1 amide bonds. The lowest BCUT2D eigenvalue weighted by Gasteiger charge is -2.27. The van der Waals surface area contributed by atoms with Crippen LogP contribution in [0.4, 0.5) is 30.5 Å². The Morgan fingerprint density at radius 2 is 1.84 bits per heavy atom. The highest BCUT2D eigenvalue weighted by molar-refractivity contribution is 6.04. The van der Waals surface area contributed by atoms with Crippen molar-refractivity contribution in [2.45, 2.75) is 45.5 Å². The van der Waals surface area contributed by atoms with Crippen molar-refractivity contribution in [2.75, 3.05) is 23.7 Å². The zero-order valence-corrected chi connectivity index (χ0v) is 25.3. The Morgan fingerprint density at radius 3 is 2.52 bits per heavy atom. The van der Waals surface area contributed by atoms with Gasteiger partial charge in [0, 0.05) is 59.7 Å². The zero-order chi connectivity index (χ0) is 30.8. The summed E-state index contributed by atoms with van der Waals surface area (Å²) in [5.41, 5.74) is 8.27. The van der Waals surface area contributed by atoms with Crippen LogP contribution in [0.2, 0.25) is 0 Å². The van der Waals surface area contributed by atoms with Crippen molar-refractivity contribution in [3.63, 3.8) is 0 Å².